The Labute approximate surface area is 108 Å². The molecule has 4 heteroatoms. The van der Waals surface area contributed by atoms with Crippen LogP contribution in [0.2, 0.25) is 0 Å². The van der Waals surface area contributed by atoms with Crippen LogP contribution in [0, 0.1) is 18.7 Å². The van der Waals surface area contributed by atoms with E-state index in [2.05, 4.69) is 21.2 Å². The lowest BCUT2D eigenvalue weighted by Crippen LogP contribution is -2.68. The summed E-state index contributed by atoms with van der Waals surface area (Å²) in [7, 11) is 0. The van der Waals surface area contributed by atoms with Crippen LogP contribution < -0.4 is 5.32 Å². The lowest BCUT2D eigenvalue weighted by Gasteiger charge is -2.61. The van der Waals surface area contributed by atoms with Crippen molar-refractivity contribution < 1.29 is 9.18 Å². The van der Waals surface area contributed by atoms with Crippen LogP contribution in [0.5, 0.6) is 0 Å². The molecule has 4 rings (SSSR count). The molecule has 1 aromatic carbocycles. The Morgan fingerprint density at radius 1 is 1.47 bits per heavy atom. The van der Waals surface area contributed by atoms with Gasteiger partial charge in [0.1, 0.15) is 5.82 Å². The van der Waals surface area contributed by atoms with Crippen LogP contribution in [0.25, 0.3) is 0 Å². The highest BCUT2D eigenvalue weighted by Gasteiger charge is 2.57. The van der Waals surface area contributed by atoms with Gasteiger partial charge in [0, 0.05) is 10.0 Å². The van der Waals surface area contributed by atoms with E-state index in [1.807, 2.05) is 0 Å². The van der Waals surface area contributed by atoms with Gasteiger partial charge in [0.15, 0.2) is 0 Å². The van der Waals surface area contributed by atoms with Gasteiger partial charge in [-0.1, -0.05) is 0 Å². The fraction of sp³-hybridized carbons (Fsp3) is 0.462. The average molecular weight is 298 g/mol. The highest BCUT2D eigenvalue weighted by Crippen LogP contribution is 2.57. The smallest absolute Gasteiger partial charge is 0.252 e. The maximum atomic E-state index is 13.3. The Kier molecular flexibility index (Phi) is 2.34. The summed E-state index contributed by atoms with van der Waals surface area (Å²) in [6, 6.07) is 2.95. The van der Waals surface area contributed by atoms with E-state index in [4.69, 9.17) is 0 Å². The number of nitrogens with one attached hydrogen (secondary N) is 1. The fourth-order valence-electron chi connectivity index (χ4n) is 2.77. The molecule has 3 saturated carbocycles. The van der Waals surface area contributed by atoms with Crippen molar-refractivity contribution in [2.24, 2.45) is 5.92 Å². The predicted octanol–water partition coefficient (Wildman–Crippen LogP) is 3.18. The molecule has 0 heterocycles. The molecule has 0 spiro atoms. The molecule has 3 aliphatic rings. The fourth-order valence-corrected chi connectivity index (χ4v) is 3.27. The lowest BCUT2D eigenvalue weighted by molar-refractivity contribution is -0.0438. The van der Waals surface area contributed by atoms with Gasteiger partial charge in [-0.2, -0.15) is 0 Å². The summed E-state index contributed by atoms with van der Waals surface area (Å²) in [5, 5.41) is 3.07. The molecule has 1 amide bonds. The number of halogens is 2. The van der Waals surface area contributed by atoms with E-state index in [1.165, 1.54) is 6.07 Å². The van der Waals surface area contributed by atoms with Gasteiger partial charge in [-0.25, -0.2) is 4.39 Å². The SMILES string of the molecule is Cc1cc(C(=O)NC23CC(C2)C3)c(Br)cc1F. The summed E-state index contributed by atoms with van der Waals surface area (Å²) >= 11 is 3.24. The van der Waals surface area contributed by atoms with Crippen molar-refractivity contribution in [2.45, 2.75) is 31.7 Å². The first-order chi connectivity index (χ1) is 7.99. The molecule has 0 atom stereocenters. The summed E-state index contributed by atoms with van der Waals surface area (Å²) in [5.41, 5.74) is 1.08. The average Bonchev–Trinajstić information content (AvgIpc) is 2.15. The van der Waals surface area contributed by atoms with Crippen LogP contribution >= 0.6 is 15.9 Å². The van der Waals surface area contributed by atoms with Crippen LogP contribution in [0.4, 0.5) is 4.39 Å². The third kappa shape index (κ3) is 1.69. The first-order valence-electron chi connectivity index (χ1n) is 5.77. The molecule has 0 aromatic heterocycles. The third-order valence-electron chi connectivity index (χ3n) is 3.91. The molecule has 1 N–H and O–H groups in total. The number of hydrogen-bond acceptors (Lipinski definition) is 1. The number of benzene rings is 1. The van der Waals surface area contributed by atoms with Crippen molar-refractivity contribution in [3.63, 3.8) is 0 Å². The van der Waals surface area contributed by atoms with Crippen molar-refractivity contribution in [2.75, 3.05) is 0 Å². The van der Waals surface area contributed by atoms with Gasteiger partial charge in [-0.15, -0.1) is 0 Å². The van der Waals surface area contributed by atoms with E-state index in [0.717, 1.165) is 25.2 Å². The minimum absolute atomic E-state index is 0.0590. The quantitative estimate of drug-likeness (QED) is 0.892. The second kappa shape index (κ2) is 3.55. The topological polar surface area (TPSA) is 29.1 Å². The zero-order valence-electron chi connectivity index (χ0n) is 9.52. The van der Waals surface area contributed by atoms with Gasteiger partial charge >= 0.3 is 0 Å². The molecule has 0 radical (unpaired) electrons. The van der Waals surface area contributed by atoms with Crippen LogP contribution in [0.15, 0.2) is 16.6 Å². The summed E-state index contributed by atoms with van der Waals surface area (Å²) in [6.07, 6.45) is 3.32. The Hall–Kier alpha value is -0.900. The van der Waals surface area contributed by atoms with Crippen molar-refractivity contribution in [1.29, 1.82) is 0 Å². The van der Waals surface area contributed by atoms with Gasteiger partial charge in [0.25, 0.3) is 5.91 Å². The molecular weight excluding hydrogens is 285 g/mol. The molecule has 3 aliphatic carbocycles. The van der Waals surface area contributed by atoms with E-state index in [1.54, 1.807) is 13.0 Å². The summed E-state index contributed by atoms with van der Waals surface area (Å²) in [6.45, 7) is 1.67. The third-order valence-corrected chi connectivity index (χ3v) is 4.57. The van der Waals surface area contributed by atoms with Crippen LogP contribution in [0.1, 0.15) is 35.2 Å². The van der Waals surface area contributed by atoms with Gasteiger partial charge < -0.3 is 5.32 Å². The van der Waals surface area contributed by atoms with Crippen molar-refractivity contribution in [1.82, 2.24) is 5.32 Å². The number of amides is 1. The maximum Gasteiger partial charge on any atom is 0.252 e. The molecular formula is C13H13BrFNO. The zero-order chi connectivity index (χ0) is 12.2. The van der Waals surface area contributed by atoms with E-state index >= 15 is 0 Å². The molecule has 0 unspecified atom stereocenters. The maximum absolute atomic E-state index is 13.3. The Balaban J connectivity index is 1.83. The summed E-state index contributed by atoms with van der Waals surface area (Å²) in [4.78, 5) is 12.1. The molecule has 2 nitrogen and oxygen atoms in total. The highest BCUT2D eigenvalue weighted by atomic mass is 79.9. The number of rotatable bonds is 2. The van der Waals surface area contributed by atoms with E-state index in [-0.39, 0.29) is 17.3 Å². The summed E-state index contributed by atoms with van der Waals surface area (Å²) in [5.74, 6) is 0.436. The van der Waals surface area contributed by atoms with Crippen molar-refractivity contribution in [3.8, 4) is 0 Å². The van der Waals surface area contributed by atoms with Crippen LogP contribution in [-0.4, -0.2) is 11.4 Å². The largest absolute Gasteiger partial charge is 0.347 e. The monoisotopic (exact) mass is 297 g/mol. The zero-order valence-corrected chi connectivity index (χ0v) is 11.1. The second-order valence-electron chi connectivity index (χ2n) is 5.29. The van der Waals surface area contributed by atoms with Gasteiger partial charge in [0.2, 0.25) is 0 Å². The minimum atomic E-state index is -0.293. The molecule has 0 saturated heterocycles. The highest BCUT2D eigenvalue weighted by molar-refractivity contribution is 9.10. The van der Waals surface area contributed by atoms with E-state index in [0.29, 0.717) is 15.6 Å². The Morgan fingerprint density at radius 2 is 2.12 bits per heavy atom. The van der Waals surface area contributed by atoms with Crippen LogP contribution in [0.3, 0.4) is 0 Å². The normalized spacial score (nSPS) is 29.2. The van der Waals surface area contributed by atoms with E-state index in [9.17, 15) is 9.18 Å². The number of hydrogen-bond donors (Lipinski definition) is 1. The summed E-state index contributed by atoms with van der Waals surface area (Å²) < 4.78 is 13.8. The van der Waals surface area contributed by atoms with E-state index < -0.39 is 0 Å². The number of carbonyl (C=O) groups is 1. The molecule has 3 fully saturated rings. The minimum Gasteiger partial charge on any atom is -0.347 e. The molecule has 17 heavy (non-hydrogen) atoms. The number of aryl methyl sites for hydroxylation is 1. The standard InChI is InChI=1S/C13H13BrFNO/c1-7-2-9(10(14)3-11(7)15)12(17)16-13-4-8(5-13)6-13/h2-3,8H,4-6H2,1H3,(H,16,17). The van der Waals surface area contributed by atoms with Crippen molar-refractivity contribution >= 4 is 21.8 Å². The molecule has 0 aliphatic heterocycles. The Bertz CT molecular complexity index is 497. The number of carbonyl (C=O) groups excluding carboxylic acids is 1. The first kappa shape index (κ1) is 11.2. The first-order valence-corrected chi connectivity index (χ1v) is 6.57. The molecule has 90 valence electrons. The molecule has 1 aromatic rings. The van der Waals surface area contributed by atoms with Gasteiger partial charge in [0.05, 0.1) is 5.56 Å². The predicted molar refractivity (Wildman–Crippen MR) is 66.4 cm³/mol. The van der Waals surface area contributed by atoms with Gasteiger partial charge in [-0.3, -0.25) is 4.79 Å². The van der Waals surface area contributed by atoms with Crippen molar-refractivity contribution in [3.05, 3.63) is 33.5 Å². The molecule has 2 bridgehead atoms. The van der Waals surface area contributed by atoms with Crippen LogP contribution in [-0.2, 0) is 0 Å². The van der Waals surface area contributed by atoms with Gasteiger partial charge in [-0.05, 0) is 65.7 Å². The lowest BCUT2D eigenvalue weighted by atomic mass is 9.50. The second-order valence-corrected chi connectivity index (χ2v) is 6.15. The Morgan fingerprint density at radius 3 is 2.65 bits per heavy atom.